The highest BCUT2D eigenvalue weighted by molar-refractivity contribution is 5.86. The van der Waals surface area contributed by atoms with E-state index in [4.69, 9.17) is 9.15 Å². The Hall–Kier alpha value is -2.35. The molecule has 2 aromatic carbocycles. The summed E-state index contributed by atoms with van der Waals surface area (Å²) in [5.41, 5.74) is 3.08. The second-order valence-electron chi connectivity index (χ2n) is 6.24. The maximum atomic E-state index is 6.28. The minimum Gasteiger partial charge on any atom is -0.485 e. The fourth-order valence-electron chi connectivity index (χ4n) is 2.99. The standard InChI is InChI=1S/C22H25O2/c1-4-17(5-2)15-23-21-16(3)19-13-9-10-14-20(19)24-22(21)18-11-7-6-8-12-18/h6-14,17H,4-5,15H2,1-3H3/q+1. The van der Waals surface area contributed by atoms with Crippen LogP contribution < -0.4 is 4.74 Å². The minimum absolute atomic E-state index is 0.569. The lowest BCUT2D eigenvalue weighted by Crippen LogP contribution is -2.11. The van der Waals surface area contributed by atoms with E-state index in [0.29, 0.717) is 5.92 Å². The summed E-state index contributed by atoms with van der Waals surface area (Å²) >= 11 is 0. The molecular formula is C22H25O2+. The van der Waals surface area contributed by atoms with Crippen molar-refractivity contribution >= 4 is 11.0 Å². The summed E-state index contributed by atoms with van der Waals surface area (Å²) in [6.45, 7) is 7.27. The van der Waals surface area contributed by atoms with Crippen molar-refractivity contribution in [3.8, 4) is 17.1 Å². The van der Waals surface area contributed by atoms with Crippen molar-refractivity contribution in [2.45, 2.75) is 33.6 Å². The monoisotopic (exact) mass is 321 g/mol. The van der Waals surface area contributed by atoms with Gasteiger partial charge in [0.05, 0.1) is 17.6 Å². The molecule has 0 unspecified atom stereocenters. The molecule has 1 aromatic heterocycles. The molecule has 3 rings (SSSR count). The van der Waals surface area contributed by atoms with E-state index in [1.165, 1.54) is 0 Å². The van der Waals surface area contributed by atoms with Gasteiger partial charge in [-0.2, -0.15) is 0 Å². The Balaban J connectivity index is 2.11. The Morgan fingerprint density at radius 2 is 1.58 bits per heavy atom. The number of hydrogen-bond acceptors (Lipinski definition) is 1. The van der Waals surface area contributed by atoms with E-state index in [2.05, 4.69) is 39.0 Å². The van der Waals surface area contributed by atoms with Crippen molar-refractivity contribution in [1.82, 2.24) is 0 Å². The van der Waals surface area contributed by atoms with Gasteiger partial charge in [0, 0.05) is 11.6 Å². The maximum Gasteiger partial charge on any atom is 0.402 e. The number of rotatable bonds is 6. The number of benzene rings is 2. The number of para-hydroxylation sites is 1. The van der Waals surface area contributed by atoms with Crippen LogP contribution in [0.3, 0.4) is 0 Å². The van der Waals surface area contributed by atoms with Crippen molar-refractivity contribution < 1.29 is 9.15 Å². The first kappa shape index (κ1) is 16.5. The highest BCUT2D eigenvalue weighted by Crippen LogP contribution is 2.38. The van der Waals surface area contributed by atoms with Crippen LogP contribution in [0.25, 0.3) is 22.3 Å². The molecule has 1 heterocycles. The van der Waals surface area contributed by atoms with Crippen molar-refractivity contribution in [2.75, 3.05) is 6.61 Å². The predicted molar refractivity (Wildman–Crippen MR) is 100 cm³/mol. The van der Waals surface area contributed by atoms with Gasteiger partial charge in [0.25, 0.3) is 0 Å². The van der Waals surface area contributed by atoms with E-state index in [-0.39, 0.29) is 0 Å². The topological polar surface area (TPSA) is 20.5 Å². The smallest absolute Gasteiger partial charge is 0.402 e. The van der Waals surface area contributed by atoms with Crippen LogP contribution in [-0.4, -0.2) is 6.61 Å². The molecule has 0 atom stereocenters. The first-order valence-electron chi connectivity index (χ1n) is 8.78. The zero-order chi connectivity index (χ0) is 16.9. The normalized spacial score (nSPS) is 11.2. The van der Waals surface area contributed by atoms with Crippen LogP contribution in [0.4, 0.5) is 0 Å². The third kappa shape index (κ3) is 3.28. The van der Waals surface area contributed by atoms with Crippen LogP contribution in [0.1, 0.15) is 32.3 Å². The molecule has 24 heavy (non-hydrogen) atoms. The number of ether oxygens (including phenoxy) is 1. The summed E-state index contributed by atoms with van der Waals surface area (Å²) < 4.78 is 12.5. The van der Waals surface area contributed by atoms with Crippen molar-refractivity contribution in [1.29, 1.82) is 0 Å². The summed E-state index contributed by atoms with van der Waals surface area (Å²) in [4.78, 5) is 0. The number of fused-ring (bicyclic) bond motifs is 1. The molecule has 0 saturated carbocycles. The molecule has 0 amide bonds. The SMILES string of the molecule is CCC(CC)COc1c(-c2ccccc2)[o+]c2ccccc2c1C. The molecule has 124 valence electrons. The van der Waals surface area contributed by atoms with Gasteiger partial charge in [0.2, 0.25) is 5.75 Å². The fraction of sp³-hybridized carbons (Fsp3) is 0.318. The molecule has 0 bridgehead atoms. The van der Waals surface area contributed by atoms with E-state index in [9.17, 15) is 0 Å². The number of aryl methyl sites for hydroxylation is 1. The molecule has 2 nitrogen and oxygen atoms in total. The first-order chi connectivity index (χ1) is 11.7. The largest absolute Gasteiger partial charge is 0.485 e. The van der Waals surface area contributed by atoms with Gasteiger partial charge in [-0.3, -0.25) is 0 Å². The van der Waals surface area contributed by atoms with Gasteiger partial charge in [-0.15, -0.1) is 0 Å². The quantitative estimate of drug-likeness (QED) is 0.483. The summed E-state index contributed by atoms with van der Waals surface area (Å²) in [6.07, 6.45) is 2.25. The van der Waals surface area contributed by atoms with Gasteiger partial charge in [0.15, 0.2) is 0 Å². The highest BCUT2D eigenvalue weighted by Gasteiger charge is 2.26. The van der Waals surface area contributed by atoms with Crippen LogP contribution in [0.5, 0.6) is 5.75 Å². The Labute approximate surface area is 144 Å². The molecule has 0 radical (unpaired) electrons. The van der Waals surface area contributed by atoms with Gasteiger partial charge in [-0.1, -0.05) is 57.0 Å². The van der Waals surface area contributed by atoms with Crippen LogP contribution >= 0.6 is 0 Å². The third-order valence-electron chi connectivity index (χ3n) is 4.70. The second kappa shape index (κ2) is 7.48. The Morgan fingerprint density at radius 3 is 2.29 bits per heavy atom. The van der Waals surface area contributed by atoms with Crippen molar-refractivity contribution in [3.63, 3.8) is 0 Å². The predicted octanol–water partition coefficient (Wildman–Crippen LogP) is 6.50. The van der Waals surface area contributed by atoms with E-state index in [0.717, 1.165) is 53.1 Å². The Morgan fingerprint density at radius 1 is 0.917 bits per heavy atom. The molecule has 0 fully saturated rings. The Bertz CT molecular complexity index is 805. The lowest BCUT2D eigenvalue weighted by Gasteiger charge is -2.15. The molecule has 0 aliphatic carbocycles. The molecular weight excluding hydrogens is 296 g/mol. The van der Waals surface area contributed by atoms with Crippen LogP contribution in [0, 0.1) is 12.8 Å². The lowest BCUT2D eigenvalue weighted by atomic mass is 10.0. The van der Waals surface area contributed by atoms with Crippen LogP contribution in [0.15, 0.2) is 59.0 Å². The number of hydrogen-bond donors (Lipinski definition) is 0. The second-order valence-corrected chi connectivity index (χ2v) is 6.24. The summed E-state index contributed by atoms with van der Waals surface area (Å²) in [5.74, 6) is 2.25. The van der Waals surface area contributed by atoms with Gasteiger partial charge in [0.1, 0.15) is 0 Å². The molecule has 2 heteroatoms. The van der Waals surface area contributed by atoms with Gasteiger partial charge < -0.3 is 4.74 Å². The first-order valence-corrected chi connectivity index (χ1v) is 8.78. The molecule has 0 aliphatic rings. The third-order valence-corrected chi connectivity index (χ3v) is 4.70. The zero-order valence-electron chi connectivity index (χ0n) is 14.7. The zero-order valence-corrected chi connectivity index (χ0v) is 14.7. The summed E-state index contributed by atoms with van der Waals surface area (Å²) in [6, 6.07) is 18.4. The van der Waals surface area contributed by atoms with Crippen molar-refractivity contribution in [3.05, 3.63) is 60.2 Å². The van der Waals surface area contributed by atoms with E-state index in [1.54, 1.807) is 0 Å². The van der Waals surface area contributed by atoms with Crippen LogP contribution in [-0.2, 0) is 0 Å². The molecule has 0 saturated heterocycles. The van der Waals surface area contributed by atoms with E-state index < -0.39 is 0 Å². The minimum atomic E-state index is 0.569. The molecule has 3 aromatic rings. The fourth-order valence-corrected chi connectivity index (χ4v) is 2.99. The Kier molecular flexibility index (Phi) is 5.14. The molecule has 0 spiro atoms. The van der Waals surface area contributed by atoms with Crippen molar-refractivity contribution in [2.24, 2.45) is 5.92 Å². The van der Waals surface area contributed by atoms with Gasteiger partial charge in [-0.05, 0) is 31.0 Å². The lowest BCUT2D eigenvalue weighted by molar-refractivity contribution is 0.236. The maximum absolute atomic E-state index is 6.28. The van der Waals surface area contributed by atoms with Gasteiger partial charge in [-0.25, -0.2) is 4.42 Å². The summed E-state index contributed by atoms with van der Waals surface area (Å²) in [7, 11) is 0. The van der Waals surface area contributed by atoms with Gasteiger partial charge >= 0.3 is 11.3 Å². The average molecular weight is 321 g/mol. The summed E-state index contributed by atoms with van der Waals surface area (Å²) in [5, 5.41) is 1.11. The van der Waals surface area contributed by atoms with E-state index >= 15 is 0 Å². The highest BCUT2D eigenvalue weighted by atomic mass is 16.5. The van der Waals surface area contributed by atoms with E-state index in [1.807, 2.05) is 36.4 Å². The average Bonchev–Trinajstić information content (AvgIpc) is 2.64. The molecule has 0 aliphatic heterocycles. The molecule has 0 N–H and O–H groups in total. The van der Waals surface area contributed by atoms with Crippen LogP contribution in [0.2, 0.25) is 0 Å².